The highest BCUT2D eigenvalue weighted by atomic mass is 79.9. The highest BCUT2D eigenvalue weighted by Crippen LogP contribution is 2.17. The average Bonchev–Trinajstić information content (AvgIpc) is 2.39. The van der Waals surface area contributed by atoms with Gasteiger partial charge in [-0.05, 0) is 51.8 Å². The summed E-state index contributed by atoms with van der Waals surface area (Å²) in [5, 5.41) is 9.16. The zero-order valence-corrected chi connectivity index (χ0v) is 11.2. The van der Waals surface area contributed by atoms with Crippen molar-refractivity contribution < 1.29 is 5.11 Å². The molecule has 0 atom stereocenters. The first-order valence-electron chi connectivity index (χ1n) is 5.49. The van der Waals surface area contributed by atoms with Crippen molar-refractivity contribution in [2.75, 3.05) is 0 Å². The Bertz CT molecular complexity index is 559. The molecule has 0 radical (unpaired) electrons. The Morgan fingerprint density at radius 2 is 1.67 bits per heavy atom. The highest BCUT2D eigenvalue weighted by molar-refractivity contribution is 9.12. The van der Waals surface area contributed by atoms with Crippen molar-refractivity contribution in [2.24, 2.45) is 4.99 Å². The number of allylic oxidation sites excluding steroid dienone is 1. The Hall–Kier alpha value is -1.87. The first-order chi connectivity index (χ1) is 8.74. The molecule has 0 heterocycles. The summed E-state index contributed by atoms with van der Waals surface area (Å²) in [6, 6.07) is 16.7. The molecule has 0 aromatic heterocycles. The zero-order chi connectivity index (χ0) is 12.8. The molecule has 3 heteroatoms. The van der Waals surface area contributed by atoms with E-state index in [9.17, 15) is 0 Å². The third kappa shape index (κ3) is 3.86. The summed E-state index contributed by atoms with van der Waals surface area (Å²) < 4.78 is 0.891. The molecule has 0 saturated heterocycles. The van der Waals surface area contributed by atoms with Crippen LogP contribution in [0, 0.1) is 0 Å². The van der Waals surface area contributed by atoms with Gasteiger partial charge in [-0.2, -0.15) is 0 Å². The number of benzene rings is 2. The molecule has 0 aliphatic carbocycles. The second-order valence-corrected chi connectivity index (χ2v) is 4.63. The minimum absolute atomic E-state index is 0.243. The lowest BCUT2D eigenvalue weighted by molar-refractivity contribution is 0.475. The van der Waals surface area contributed by atoms with Gasteiger partial charge in [0.25, 0.3) is 0 Å². The molecular weight excluding hydrogens is 290 g/mol. The van der Waals surface area contributed by atoms with Gasteiger partial charge in [0.05, 0.1) is 5.69 Å². The fourth-order valence-electron chi connectivity index (χ4n) is 1.42. The number of nitrogens with zero attached hydrogens (tertiary/aromatic N) is 1. The lowest BCUT2D eigenvalue weighted by Crippen LogP contribution is -1.75. The quantitative estimate of drug-likeness (QED) is 0.830. The molecule has 0 aliphatic rings. The Labute approximate surface area is 114 Å². The second-order valence-electron chi connectivity index (χ2n) is 3.71. The molecular formula is C15H12BrNO. The van der Waals surface area contributed by atoms with Gasteiger partial charge in [0.2, 0.25) is 0 Å². The van der Waals surface area contributed by atoms with E-state index in [1.54, 1.807) is 30.5 Å². The molecule has 0 saturated carbocycles. The molecule has 90 valence electrons. The van der Waals surface area contributed by atoms with Gasteiger partial charge >= 0.3 is 0 Å². The van der Waals surface area contributed by atoms with E-state index in [1.807, 2.05) is 36.4 Å². The summed E-state index contributed by atoms with van der Waals surface area (Å²) in [6.45, 7) is 0. The zero-order valence-electron chi connectivity index (χ0n) is 9.62. The molecule has 0 aliphatic heterocycles. The van der Waals surface area contributed by atoms with Gasteiger partial charge in [0.1, 0.15) is 5.75 Å². The van der Waals surface area contributed by atoms with Gasteiger partial charge in [0, 0.05) is 10.7 Å². The number of aliphatic imine (C=N–C) groups is 1. The van der Waals surface area contributed by atoms with Gasteiger partial charge in [-0.25, -0.2) is 0 Å². The van der Waals surface area contributed by atoms with E-state index in [4.69, 9.17) is 5.11 Å². The monoisotopic (exact) mass is 301 g/mol. The van der Waals surface area contributed by atoms with Crippen molar-refractivity contribution in [1.82, 2.24) is 0 Å². The number of hydrogen-bond acceptors (Lipinski definition) is 2. The van der Waals surface area contributed by atoms with Crippen LogP contribution in [0.1, 0.15) is 5.56 Å². The fourth-order valence-corrected chi connectivity index (χ4v) is 1.79. The highest BCUT2D eigenvalue weighted by Gasteiger charge is 1.91. The molecule has 2 rings (SSSR count). The lowest BCUT2D eigenvalue weighted by Gasteiger charge is -1.95. The maximum Gasteiger partial charge on any atom is 0.115 e. The third-order valence-electron chi connectivity index (χ3n) is 2.29. The van der Waals surface area contributed by atoms with E-state index in [0.717, 1.165) is 15.7 Å². The van der Waals surface area contributed by atoms with Crippen molar-refractivity contribution in [1.29, 1.82) is 0 Å². The maximum absolute atomic E-state index is 9.16. The summed E-state index contributed by atoms with van der Waals surface area (Å²) in [7, 11) is 0. The van der Waals surface area contributed by atoms with Crippen LogP contribution in [0.2, 0.25) is 0 Å². The smallest absolute Gasteiger partial charge is 0.115 e. The lowest BCUT2D eigenvalue weighted by atomic mass is 10.2. The Kier molecular flexibility index (Phi) is 4.31. The van der Waals surface area contributed by atoms with Gasteiger partial charge in [0.15, 0.2) is 0 Å². The van der Waals surface area contributed by atoms with Gasteiger partial charge in [-0.15, -0.1) is 0 Å². The van der Waals surface area contributed by atoms with Crippen LogP contribution < -0.4 is 0 Å². The van der Waals surface area contributed by atoms with Crippen LogP contribution >= 0.6 is 15.9 Å². The first-order valence-corrected chi connectivity index (χ1v) is 6.29. The van der Waals surface area contributed by atoms with Crippen LogP contribution in [0.4, 0.5) is 5.69 Å². The van der Waals surface area contributed by atoms with E-state index in [0.29, 0.717) is 0 Å². The Balaban J connectivity index is 2.09. The van der Waals surface area contributed by atoms with Crippen molar-refractivity contribution in [2.45, 2.75) is 0 Å². The second kappa shape index (κ2) is 6.17. The molecule has 18 heavy (non-hydrogen) atoms. The number of aromatic hydroxyl groups is 1. The van der Waals surface area contributed by atoms with Crippen LogP contribution in [0.3, 0.4) is 0 Å². The van der Waals surface area contributed by atoms with Gasteiger partial charge < -0.3 is 5.11 Å². The Morgan fingerprint density at radius 1 is 1.00 bits per heavy atom. The van der Waals surface area contributed by atoms with Crippen LogP contribution in [0.5, 0.6) is 5.75 Å². The molecule has 2 nitrogen and oxygen atoms in total. The number of hydrogen-bond donors (Lipinski definition) is 1. The summed E-state index contributed by atoms with van der Waals surface area (Å²) in [5.41, 5.74) is 1.91. The number of halogens is 1. The minimum atomic E-state index is 0.243. The van der Waals surface area contributed by atoms with E-state index in [2.05, 4.69) is 20.9 Å². The summed E-state index contributed by atoms with van der Waals surface area (Å²) in [5.74, 6) is 0.243. The predicted molar refractivity (Wildman–Crippen MR) is 79.6 cm³/mol. The summed E-state index contributed by atoms with van der Waals surface area (Å²) >= 11 is 3.45. The minimum Gasteiger partial charge on any atom is -0.508 e. The average molecular weight is 302 g/mol. The van der Waals surface area contributed by atoms with E-state index >= 15 is 0 Å². The summed E-state index contributed by atoms with van der Waals surface area (Å²) in [6.07, 6.45) is 3.73. The van der Waals surface area contributed by atoms with Crippen molar-refractivity contribution in [3.05, 3.63) is 64.6 Å². The van der Waals surface area contributed by atoms with Crippen molar-refractivity contribution in [3.8, 4) is 5.75 Å². The molecule has 2 aromatic rings. The van der Waals surface area contributed by atoms with E-state index < -0.39 is 0 Å². The molecule has 0 amide bonds. The number of rotatable bonds is 3. The van der Waals surface area contributed by atoms with E-state index in [-0.39, 0.29) is 5.75 Å². The van der Waals surface area contributed by atoms with Crippen molar-refractivity contribution in [3.63, 3.8) is 0 Å². The van der Waals surface area contributed by atoms with Gasteiger partial charge in [-0.3, -0.25) is 4.99 Å². The topological polar surface area (TPSA) is 32.6 Å². The largest absolute Gasteiger partial charge is 0.508 e. The normalized spacial score (nSPS) is 11.9. The standard InChI is InChI=1S/C15H12BrNO/c16-13(10-12-4-2-1-3-5-12)11-17-14-6-8-15(18)9-7-14/h1-11,18H/b13-10-,17-11?. The molecule has 0 spiro atoms. The van der Waals surface area contributed by atoms with Crippen molar-refractivity contribution >= 4 is 33.9 Å². The molecule has 0 unspecified atom stereocenters. The van der Waals surface area contributed by atoms with Crippen LogP contribution in [-0.2, 0) is 0 Å². The molecule has 1 N–H and O–H groups in total. The third-order valence-corrected chi connectivity index (χ3v) is 2.72. The molecule has 0 bridgehead atoms. The predicted octanol–water partition coefficient (Wildman–Crippen LogP) is 4.53. The van der Waals surface area contributed by atoms with E-state index in [1.165, 1.54) is 0 Å². The number of phenolic OH excluding ortho intramolecular Hbond substituents is 1. The first kappa shape index (κ1) is 12.6. The molecule has 0 fully saturated rings. The fraction of sp³-hybridized carbons (Fsp3) is 0. The Morgan fingerprint density at radius 3 is 2.33 bits per heavy atom. The number of phenols is 1. The summed E-state index contributed by atoms with van der Waals surface area (Å²) in [4.78, 5) is 4.29. The SMILES string of the molecule is Oc1ccc(N=C/C(Br)=C/c2ccccc2)cc1. The van der Waals surface area contributed by atoms with Crippen LogP contribution in [0.15, 0.2) is 64.1 Å². The molecule has 2 aromatic carbocycles. The van der Waals surface area contributed by atoms with Gasteiger partial charge in [-0.1, -0.05) is 30.3 Å². The maximum atomic E-state index is 9.16. The van der Waals surface area contributed by atoms with Crippen LogP contribution in [-0.4, -0.2) is 11.3 Å². The van der Waals surface area contributed by atoms with Crippen LogP contribution in [0.25, 0.3) is 6.08 Å².